The van der Waals surface area contributed by atoms with Gasteiger partial charge in [-0.15, -0.1) is 0 Å². The second kappa shape index (κ2) is 8.56. The molecule has 1 saturated carbocycles. The van der Waals surface area contributed by atoms with Crippen molar-refractivity contribution in [1.29, 1.82) is 0 Å². The summed E-state index contributed by atoms with van der Waals surface area (Å²) < 4.78 is 1.49. The molecule has 138 valence electrons. The first-order valence-electron chi connectivity index (χ1n) is 8.59. The molecule has 1 aromatic carbocycles. The van der Waals surface area contributed by atoms with Crippen LogP contribution in [0.3, 0.4) is 0 Å². The van der Waals surface area contributed by atoms with E-state index in [2.05, 4.69) is 15.6 Å². The molecule has 1 heterocycles. The lowest BCUT2D eigenvalue weighted by Crippen LogP contribution is -2.34. The summed E-state index contributed by atoms with van der Waals surface area (Å²) >= 11 is 11.9. The number of anilines is 1. The van der Waals surface area contributed by atoms with E-state index in [-0.39, 0.29) is 12.1 Å². The Hall–Kier alpha value is -2.05. The van der Waals surface area contributed by atoms with E-state index in [1.54, 1.807) is 30.6 Å². The van der Waals surface area contributed by atoms with Crippen molar-refractivity contribution in [3.8, 4) is 0 Å². The molecular weight excluding hydrogens is 375 g/mol. The van der Waals surface area contributed by atoms with Gasteiger partial charge in [-0.05, 0) is 31.0 Å². The molecule has 6 nitrogen and oxygen atoms in total. The van der Waals surface area contributed by atoms with Crippen molar-refractivity contribution in [1.82, 2.24) is 14.9 Å². The Labute approximate surface area is 161 Å². The highest BCUT2D eigenvalue weighted by atomic mass is 35.5. The third-order valence-electron chi connectivity index (χ3n) is 4.49. The molecule has 1 fully saturated rings. The van der Waals surface area contributed by atoms with Gasteiger partial charge in [0.05, 0.1) is 22.7 Å². The van der Waals surface area contributed by atoms with Crippen LogP contribution in [0.4, 0.5) is 10.5 Å². The van der Waals surface area contributed by atoms with Crippen LogP contribution >= 0.6 is 23.2 Å². The van der Waals surface area contributed by atoms with E-state index in [1.807, 2.05) is 0 Å². The number of hydrogen-bond acceptors (Lipinski definition) is 3. The average molecular weight is 395 g/mol. The number of nitrogens with one attached hydrogen (secondary N) is 2. The van der Waals surface area contributed by atoms with Crippen LogP contribution in [0, 0.1) is 0 Å². The molecule has 0 radical (unpaired) electrons. The van der Waals surface area contributed by atoms with Crippen molar-refractivity contribution < 1.29 is 4.79 Å². The zero-order chi connectivity index (χ0) is 18.5. The van der Waals surface area contributed by atoms with E-state index in [9.17, 15) is 9.59 Å². The summed E-state index contributed by atoms with van der Waals surface area (Å²) in [6, 6.07) is 6.01. The number of hydrogen-bond donors (Lipinski definition) is 2. The smallest absolute Gasteiger partial charge is 0.319 e. The molecule has 8 heteroatoms. The van der Waals surface area contributed by atoms with Crippen molar-refractivity contribution >= 4 is 34.9 Å². The van der Waals surface area contributed by atoms with E-state index >= 15 is 0 Å². The summed E-state index contributed by atoms with van der Waals surface area (Å²) in [6.07, 6.45) is 6.16. The average Bonchev–Trinajstić information content (AvgIpc) is 3.14. The minimum absolute atomic E-state index is 0.0954. The molecule has 2 amide bonds. The molecule has 0 bridgehead atoms. The van der Waals surface area contributed by atoms with E-state index in [0.29, 0.717) is 28.2 Å². The number of benzene rings is 1. The fourth-order valence-electron chi connectivity index (χ4n) is 3.10. The summed E-state index contributed by atoms with van der Waals surface area (Å²) in [5.74, 6) is 0.406. The van der Waals surface area contributed by atoms with Crippen molar-refractivity contribution in [2.24, 2.45) is 0 Å². The van der Waals surface area contributed by atoms with Crippen LogP contribution < -0.4 is 16.2 Å². The molecule has 0 aliphatic heterocycles. The molecule has 2 aromatic rings. The van der Waals surface area contributed by atoms with Gasteiger partial charge in [-0.2, -0.15) is 0 Å². The van der Waals surface area contributed by atoms with Crippen LogP contribution in [-0.4, -0.2) is 22.1 Å². The molecule has 0 saturated heterocycles. The number of halogens is 2. The van der Waals surface area contributed by atoms with Gasteiger partial charge in [-0.25, -0.2) is 9.78 Å². The number of rotatable bonds is 5. The van der Waals surface area contributed by atoms with Gasteiger partial charge < -0.3 is 10.6 Å². The van der Waals surface area contributed by atoms with Crippen LogP contribution in [0.5, 0.6) is 0 Å². The summed E-state index contributed by atoms with van der Waals surface area (Å²) in [6.45, 7) is 0.627. The predicted molar refractivity (Wildman–Crippen MR) is 103 cm³/mol. The molecule has 26 heavy (non-hydrogen) atoms. The van der Waals surface area contributed by atoms with Gasteiger partial charge in [0.15, 0.2) is 0 Å². The van der Waals surface area contributed by atoms with Gasteiger partial charge >= 0.3 is 6.03 Å². The van der Waals surface area contributed by atoms with E-state index in [4.69, 9.17) is 23.2 Å². The number of nitrogens with zero attached hydrogens (tertiary/aromatic N) is 2. The maximum Gasteiger partial charge on any atom is 0.319 e. The van der Waals surface area contributed by atoms with Crippen molar-refractivity contribution in [2.45, 2.75) is 38.1 Å². The first-order chi connectivity index (χ1) is 12.5. The van der Waals surface area contributed by atoms with Gasteiger partial charge in [0.1, 0.15) is 0 Å². The van der Waals surface area contributed by atoms with Crippen LogP contribution in [-0.2, 0) is 6.54 Å². The number of urea groups is 1. The minimum atomic E-state index is -0.419. The Morgan fingerprint density at radius 2 is 2.00 bits per heavy atom. The summed E-state index contributed by atoms with van der Waals surface area (Å²) in [4.78, 5) is 28.6. The first-order valence-corrected chi connectivity index (χ1v) is 9.35. The lowest BCUT2D eigenvalue weighted by molar-refractivity contribution is 0.251. The summed E-state index contributed by atoms with van der Waals surface area (Å²) in [7, 11) is 0. The summed E-state index contributed by atoms with van der Waals surface area (Å²) in [5, 5.41) is 6.19. The Kier molecular flexibility index (Phi) is 6.16. The lowest BCUT2D eigenvalue weighted by atomic mass is 10.0. The molecule has 2 N–H and O–H groups in total. The van der Waals surface area contributed by atoms with E-state index in [0.717, 1.165) is 18.5 Å². The van der Waals surface area contributed by atoms with Crippen LogP contribution in [0.1, 0.15) is 37.3 Å². The normalized spacial score (nSPS) is 14.4. The monoisotopic (exact) mass is 394 g/mol. The molecule has 1 aliphatic carbocycles. The number of carbonyl (C=O) groups excluding carboxylic acids is 1. The highest BCUT2D eigenvalue weighted by molar-refractivity contribution is 6.35. The molecule has 0 atom stereocenters. The van der Waals surface area contributed by atoms with Gasteiger partial charge in [0.2, 0.25) is 0 Å². The van der Waals surface area contributed by atoms with Gasteiger partial charge in [0, 0.05) is 30.1 Å². The second-order valence-electron chi connectivity index (χ2n) is 6.33. The molecule has 1 aliphatic rings. The summed E-state index contributed by atoms with van der Waals surface area (Å²) in [5.41, 5.74) is 1.21. The molecule has 0 unspecified atom stereocenters. The van der Waals surface area contributed by atoms with Crippen LogP contribution in [0.2, 0.25) is 10.0 Å². The van der Waals surface area contributed by atoms with Gasteiger partial charge in [-0.1, -0.05) is 36.0 Å². The number of amides is 2. The SMILES string of the molecule is O=C(NCCn1cnc(C2CCCC2)cc1=O)Nc1cc(Cl)ccc1Cl. The maximum absolute atomic E-state index is 12.2. The fraction of sp³-hybridized carbons (Fsp3) is 0.389. The quantitative estimate of drug-likeness (QED) is 0.803. The number of aromatic nitrogens is 2. The molecule has 3 rings (SSSR count). The molecular formula is C18H20Cl2N4O2. The zero-order valence-corrected chi connectivity index (χ0v) is 15.7. The standard InChI is InChI=1S/C18H20Cl2N4O2/c19-13-5-6-14(20)16(9-13)23-18(26)21-7-8-24-11-22-15(10-17(24)25)12-3-1-2-4-12/h5-6,9-12H,1-4,7-8H2,(H2,21,23,26). The zero-order valence-electron chi connectivity index (χ0n) is 14.2. The Morgan fingerprint density at radius 1 is 1.23 bits per heavy atom. The van der Waals surface area contributed by atoms with E-state index in [1.165, 1.54) is 17.4 Å². The van der Waals surface area contributed by atoms with Crippen LogP contribution in [0.15, 0.2) is 35.4 Å². The van der Waals surface area contributed by atoms with Crippen molar-refractivity contribution in [2.75, 3.05) is 11.9 Å². The largest absolute Gasteiger partial charge is 0.336 e. The van der Waals surface area contributed by atoms with Gasteiger partial charge in [-0.3, -0.25) is 9.36 Å². The fourth-order valence-corrected chi connectivity index (χ4v) is 3.44. The van der Waals surface area contributed by atoms with Crippen molar-refractivity contribution in [3.05, 3.63) is 56.7 Å². The Balaban J connectivity index is 1.52. The van der Waals surface area contributed by atoms with E-state index < -0.39 is 6.03 Å². The lowest BCUT2D eigenvalue weighted by Gasteiger charge is -2.12. The highest BCUT2D eigenvalue weighted by Gasteiger charge is 2.18. The topological polar surface area (TPSA) is 76.0 Å². The minimum Gasteiger partial charge on any atom is -0.336 e. The van der Waals surface area contributed by atoms with Crippen molar-refractivity contribution in [3.63, 3.8) is 0 Å². The Morgan fingerprint density at radius 3 is 2.73 bits per heavy atom. The Bertz CT molecular complexity index is 847. The predicted octanol–water partition coefficient (Wildman–Crippen LogP) is 4.03. The highest BCUT2D eigenvalue weighted by Crippen LogP contribution is 2.32. The van der Waals surface area contributed by atoms with Crippen LogP contribution in [0.25, 0.3) is 0 Å². The van der Waals surface area contributed by atoms with Gasteiger partial charge in [0.25, 0.3) is 5.56 Å². The first kappa shape index (κ1) is 18.7. The second-order valence-corrected chi connectivity index (χ2v) is 7.18. The molecule has 1 aromatic heterocycles. The molecule has 0 spiro atoms. The third-order valence-corrected chi connectivity index (χ3v) is 5.05. The maximum atomic E-state index is 12.2. The number of carbonyl (C=O) groups is 1. The third kappa shape index (κ3) is 4.77.